The van der Waals surface area contributed by atoms with Crippen molar-refractivity contribution in [3.05, 3.63) is 0 Å². The van der Waals surface area contributed by atoms with Crippen LogP contribution in [0.3, 0.4) is 0 Å². The molecule has 1 heterocycles. The molecule has 0 aromatic heterocycles. The maximum atomic E-state index is 11.1. The molecule has 0 bridgehead atoms. The van der Waals surface area contributed by atoms with Gasteiger partial charge in [-0.3, -0.25) is 9.69 Å². The van der Waals surface area contributed by atoms with Crippen molar-refractivity contribution in [1.82, 2.24) is 4.90 Å². The van der Waals surface area contributed by atoms with Gasteiger partial charge in [0.05, 0.1) is 5.54 Å². The molecule has 0 radical (unpaired) electrons. The van der Waals surface area contributed by atoms with Gasteiger partial charge in [0.2, 0.25) is 5.91 Å². The van der Waals surface area contributed by atoms with E-state index in [4.69, 9.17) is 12.2 Å². The van der Waals surface area contributed by atoms with Crippen molar-refractivity contribution in [3.8, 4) is 0 Å². The molecule has 0 aromatic carbocycles. The Kier molecular flexibility index (Phi) is 2.25. The fourth-order valence-electron chi connectivity index (χ4n) is 1.17. The van der Waals surface area contributed by atoms with Crippen LogP contribution >= 0.6 is 24.0 Å². The number of hydrogen-bond donors (Lipinski definition) is 0. The van der Waals surface area contributed by atoms with Gasteiger partial charge in [-0.25, -0.2) is 0 Å². The second-order valence-corrected chi connectivity index (χ2v) is 4.83. The molecule has 0 unspecified atom stereocenters. The molecule has 0 N–H and O–H groups in total. The van der Waals surface area contributed by atoms with Crippen LogP contribution in [-0.2, 0) is 4.79 Å². The van der Waals surface area contributed by atoms with Gasteiger partial charge in [0, 0.05) is 12.7 Å². The number of thiocarbonyl (C=S) groups is 1. The zero-order chi connectivity index (χ0) is 8.65. The average Bonchev–Trinajstić information content (AvgIpc) is 2.06. The van der Waals surface area contributed by atoms with Crippen LogP contribution in [0.1, 0.15) is 20.8 Å². The van der Waals surface area contributed by atoms with Crippen molar-refractivity contribution < 1.29 is 4.79 Å². The first-order valence-corrected chi connectivity index (χ1v) is 4.82. The highest BCUT2D eigenvalue weighted by atomic mass is 32.2. The Morgan fingerprint density at radius 1 is 1.73 bits per heavy atom. The summed E-state index contributed by atoms with van der Waals surface area (Å²) in [5.41, 5.74) is -0.0897. The second kappa shape index (κ2) is 2.75. The molecule has 1 rings (SSSR count). The first kappa shape index (κ1) is 9.00. The van der Waals surface area contributed by atoms with Crippen LogP contribution < -0.4 is 0 Å². The molecule has 4 heteroatoms. The third kappa shape index (κ3) is 1.56. The van der Waals surface area contributed by atoms with E-state index in [9.17, 15) is 4.79 Å². The Labute approximate surface area is 76.3 Å². The normalized spacial score (nSPS) is 22.5. The number of amides is 1. The van der Waals surface area contributed by atoms with Crippen LogP contribution in [0, 0.1) is 0 Å². The van der Waals surface area contributed by atoms with Gasteiger partial charge in [-0.05, 0) is 13.8 Å². The van der Waals surface area contributed by atoms with Crippen molar-refractivity contribution in [2.24, 2.45) is 0 Å². The summed E-state index contributed by atoms with van der Waals surface area (Å²) in [6, 6.07) is 0. The van der Waals surface area contributed by atoms with Crippen LogP contribution in [0.2, 0.25) is 0 Å². The van der Waals surface area contributed by atoms with Gasteiger partial charge in [0.25, 0.3) is 0 Å². The third-order valence-corrected chi connectivity index (χ3v) is 3.47. The minimum absolute atomic E-state index is 0.0463. The minimum Gasteiger partial charge on any atom is -0.291 e. The third-order valence-electron chi connectivity index (χ3n) is 1.65. The highest BCUT2D eigenvalue weighted by Crippen LogP contribution is 2.32. The first-order valence-electron chi connectivity index (χ1n) is 3.43. The Bertz CT molecular complexity index is 212. The van der Waals surface area contributed by atoms with Crippen molar-refractivity contribution in [2.75, 3.05) is 5.75 Å². The monoisotopic (exact) mass is 189 g/mol. The molecule has 0 saturated carbocycles. The maximum absolute atomic E-state index is 11.1. The number of carbonyl (C=O) groups excluding carboxylic acids is 1. The molecule has 62 valence electrons. The van der Waals surface area contributed by atoms with Crippen molar-refractivity contribution in [2.45, 2.75) is 26.3 Å². The molecule has 1 aliphatic rings. The molecular formula is C7H11NOS2. The number of thioether (sulfide) groups is 1. The molecule has 1 amide bonds. The van der Waals surface area contributed by atoms with Gasteiger partial charge in [0.15, 0.2) is 0 Å². The zero-order valence-corrected chi connectivity index (χ0v) is 8.51. The molecule has 1 aliphatic heterocycles. The van der Waals surface area contributed by atoms with E-state index < -0.39 is 0 Å². The quantitative estimate of drug-likeness (QED) is 0.540. The van der Waals surface area contributed by atoms with Gasteiger partial charge < -0.3 is 0 Å². The summed E-state index contributed by atoms with van der Waals surface area (Å²) in [6.07, 6.45) is 0. The number of carbonyl (C=O) groups is 1. The van der Waals surface area contributed by atoms with E-state index in [0.29, 0.717) is 4.32 Å². The number of nitrogens with zero attached hydrogens (tertiary/aromatic N) is 1. The lowest BCUT2D eigenvalue weighted by Crippen LogP contribution is -2.44. The van der Waals surface area contributed by atoms with Gasteiger partial charge in [-0.1, -0.05) is 24.0 Å². The summed E-state index contributed by atoms with van der Waals surface area (Å²) in [5, 5.41) is 0. The topological polar surface area (TPSA) is 20.3 Å². The highest BCUT2D eigenvalue weighted by molar-refractivity contribution is 8.23. The first-order chi connectivity index (χ1) is 4.95. The molecule has 0 aromatic rings. The average molecular weight is 189 g/mol. The molecule has 0 atom stereocenters. The summed E-state index contributed by atoms with van der Waals surface area (Å²) < 4.78 is 0.711. The van der Waals surface area contributed by atoms with Crippen molar-refractivity contribution in [1.29, 1.82) is 0 Å². The largest absolute Gasteiger partial charge is 0.291 e. The van der Waals surface area contributed by atoms with Crippen LogP contribution in [0.15, 0.2) is 0 Å². The predicted octanol–water partition coefficient (Wildman–Crippen LogP) is 1.65. The van der Waals surface area contributed by atoms with Gasteiger partial charge >= 0.3 is 0 Å². The Hall–Kier alpha value is -0.0900. The summed E-state index contributed by atoms with van der Waals surface area (Å²) in [5.74, 6) is 0.954. The predicted molar refractivity (Wildman–Crippen MR) is 51.7 cm³/mol. The van der Waals surface area contributed by atoms with E-state index >= 15 is 0 Å². The Balaban J connectivity index is 2.89. The Morgan fingerprint density at radius 2 is 2.27 bits per heavy atom. The molecule has 0 aliphatic carbocycles. The summed E-state index contributed by atoms with van der Waals surface area (Å²) >= 11 is 6.61. The molecule has 2 nitrogen and oxygen atoms in total. The fourth-order valence-corrected chi connectivity index (χ4v) is 2.83. The zero-order valence-electron chi connectivity index (χ0n) is 6.88. The molecular weight excluding hydrogens is 178 g/mol. The standard InChI is InChI=1S/C7H11NOS2/c1-5(9)8-6(10)11-4-7(8,2)3/h4H2,1-3H3. The lowest BCUT2D eigenvalue weighted by Gasteiger charge is -2.28. The summed E-state index contributed by atoms with van der Waals surface area (Å²) in [7, 11) is 0. The highest BCUT2D eigenvalue weighted by Gasteiger charge is 2.38. The fraction of sp³-hybridized carbons (Fsp3) is 0.714. The minimum atomic E-state index is -0.0897. The van der Waals surface area contributed by atoms with Crippen molar-refractivity contribution >= 4 is 34.2 Å². The van der Waals surface area contributed by atoms with Crippen LogP contribution in [0.5, 0.6) is 0 Å². The number of hydrogen-bond acceptors (Lipinski definition) is 3. The number of rotatable bonds is 0. The van der Waals surface area contributed by atoms with Crippen LogP contribution in [-0.4, -0.2) is 26.4 Å². The Morgan fingerprint density at radius 3 is 2.45 bits per heavy atom. The molecule has 1 saturated heterocycles. The molecule has 1 fully saturated rings. The van der Waals surface area contributed by atoms with E-state index in [1.807, 2.05) is 13.8 Å². The smallest absolute Gasteiger partial charge is 0.225 e. The SMILES string of the molecule is CC(=O)N1C(=S)SCC1(C)C. The van der Waals surface area contributed by atoms with Crippen LogP contribution in [0.25, 0.3) is 0 Å². The van der Waals surface area contributed by atoms with Gasteiger partial charge in [0.1, 0.15) is 4.32 Å². The summed E-state index contributed by atoms with van der Waals surface area (Å²) in [6.45, 7) is 5.61. The van der Waals surface area contributed by atoms with Crippen LogP contribution in [0.4, 0.5) is 0 Å². The van der Waals surface area contributed by atoms with Gasteiger partial charge in [-0.2, -0.15) is 0 Å². The van der Waals surface area contributed by atoms with E-state index in [0.717, 1.165) is 5.75 Å². The lowest BCUT2D eigenvalue weighted by molar-refractivity contribution is -0.127. The van der Waals surface area contributed by atoms with Crippen molar-refractivity contribution in [3.63, 3.8) is 0 Å². The maximum Gasteiger partial charge on any atom is 0.225 e. The van der Waals surface area contributed by atoms with E-state index in [1.165, 1.54) is 0 Å². The van der Waals surface area contributed by atoms with E-state index in [-0.39, 0.29) is 11.4 Å². The second-order valence-electron chi connectivity index (χ2n) is 3.22. The van der Waals surface area contributed by atoms with E-state index in [2.05, 4.69) is 0 Å². The molecule has 0 spiro atoms. The molecule has 11 heavy (non-hydrogen) atoms. The summed E-state index contributed by atoms with van der Waals surface area (Å²) in [4.78, 5) is 12.8. The van der Waals surface area contributed by atoms with Gasteiger partial charge in [-0.15, -0.1) is 0 Å². The lowest BCUT2D eigenvalue weighted by atomic mass is 10.1. The van der Waals surface area contributed by atoms with E-state index in [1.54, 1.807) is 23.6 Å².